The zero-order chi connectivity index (χ0) is 11.4. The van der Waals surface area contributed by atoms with Gasteiger partial charge >= 0.3 is 5.97 Å². The largest absolute Gasteiger partial charge is 0.481 e. The van der Waals surface area contributed by atoms with E-state index in [4.69, 9.17) is 10.2 Å². The highest BCUT2D eigenvalue weighted by Crippen LogP contribution is 2.38. The lowest BCUT2D eigenvalue weighted by atomic mass is 10.2. The minimum absolute atomic E-state index is 0.000283. The quantitative estimate of drug-likeness (QED) is 0.581. The summed E-state index contributed by atoms with van der Waals surface area (Å²) in [6, 6.07) is -0.000283. The molecule has 86 valence electrons. The summed E-state index contributed by atoms with van der Waals surface area (Å²) in [6.07, 6.45) is 1.81. The van der Waals surface area contributed by atoms with Gasteiger partial charge in [0.25, 0.3) is 0 Å². The van der Waals surface area contributed by atoms with Gasteiger partial charge in [0.1, 0.15) is 0 Å². The maximum Gasteiger partial charge on any atom is 0.307 e. The third-order valence-electron chi connectivity index (χ3n) is 2.63. The van der Waals surface area contributed by atoms with Gasteiger partial charge in [-0.25, -0.2) is 0 Å². The van der Waals surface area contributed by atoms with Crippen molar-refractivity contribution in [3.8, 4) is 0 Å². The zero-order valence-electron chi connectivity index (χ0n) is 8.77. The molecular weight excluding hydrogens is 198 g/mol. The molecule has 0 aromatic rings. The van der Waals surface area contributed by atoms with Crippen LogP contribution < -0.4 is 5.32 Å². The molecule has 0 aromatic heterocycles. The van der Waals surface area contributed by atoms with Crippen molar-refractivity contribution < 1.29 is 19.8 Å². The molecule has 5 nitrogen and oxygen atoms in total. The molecule has 0 saturated heterocycles. The number of carbonyl (C=O) groups excluding carboxylic acids is 1. The van der Waals surface area contributed by atoms with Crippen LogP contribution in [0.25, 0.3) is 0 Å². The Hall–Kier alpha value is -1.10. The van der Waals surface area contributed by atoms with Crippen LogP contribution in [0, 0.1) is 11.8 Å². The number of rotatable bonds is 6. The van der Waals surface area contributed by atoms with E-state index in [9.17, 15) is 9.59 Å². The molecule has 3 atom stereocenters. The normalized spacial score (nSPS) is 25.7. The van der Waals surface area contributed by atoms with Crippen molar-refractivity contribution in [3.05, 3.63) is 0 Å². The molecule has 1 unspecified atom stereocenters. The van der Waals surface area contributed by atoms with Crippen molar-refractivity contribution >= 4 is 11.9 Å². The van der Waals surface area contributed by atoms with Gasteiger partial charge in [0.2, 0.25) is 5.91 Å². The van der Waals surface area contributed by atoms with Gasteiger partial charge in [0, 0.05) is 12.6 Å². The predicted molar refractivity (Wildman–Crippen MR) is 53.2 cm³/mol. The number of hydrogen-bond donors (Lipinski definition) is 3. The summed E-state index contributed by atoms with van der Waals surface area (Å²) in [7, 11) is 0. The molecule has 0 aromatic carbocycles. The molecule has 1 fully saturated rings. The number of aliphatic hydroxyl groups is 1. The minimum Gasteiger partial charge on any atom is -0.481 e. The monoisotopic (exact) mass is 215 g/mol. The maximum absolute atomic E-state index is 11.5. The third-order valence-corrected chi connectivity index (χ3v) is 2.63. The van der Waals surface area contributed by atoms with Gasteiger partial charge < -0.3 is 15.5 Å². The zero-order valence-corrected chi connectivity index (χ0v) is 8.77. The smallest absolute Gasteiger partial charge is 0.307 e. The lowest BCUT2D eigenvalue weighted by Gasteiger charge is -2.12. The highest BCUT2D eigenvalue weighted by Gasteiger charge is 2.48. The fraction of sp³-hybridized carbons (Fsp3) is 0.800. The van der Waals surface area contributed by atoms with Crippen LogP contribution in [0.5, 0.6) is 0 Å². The number of nitrogens with one attached hydrogen (secondary N) is 1. The Morgan fingerprint density at radius 1 is 1.47 bits per heavy atom. The van der Waals surface area contributed by atoms with Gasteiger partial charge in [-0.2, -0.15) is 0 Å². The van der Waals surface area contributed by atoms with Crippen LogP contribution in [0.15, 0.2) is 0 Å². The van der Waals surface area contributed by atoms with Gasteiger partial charge in [-0.15, -0.1) is 0 Å². The molecule has 1 amide bonds. The molecule has 15 heavy (non-hydrogen) atoms. The number of carbonyl (C=O) groups is 2. The Morgan fingerprint density at radius 3 is 2.60 bits per heavy atom. The number of carboxylic acid groups (broad SMARTS) is 1. The highest BCUT2D eigenvalue weighted by atomic mass is 16.4. The first-order valence-electron chi connectivity index (χ1n) is 5.20. The Balaban J connectivity index is 2.22. The number of carboxylic acids is 1. The molecule has 0 bridgehead atoms. The van der Waals surface area contributed by atoms with Gasteiger partial charge in [0.15, 0.2) is 0 Å². The van der Waals surface area contributed by atoms with E-state index in [-0.39, 0.29) is 24.5 Å². The molecule has 0 heterocycles. The minimum atomic E-state index is -0.891. The van der Waals surface area contributed by atoms with Crippen LogP contribution in [0.3, 0.4) is 0 Å². The second-order valence-electron chi connectivity index (χ2n) is 4.06. The molecule has 0 spiro atoms. The fourth-order valence-electron chi connectivity index (χ4n) is 1.58. The first-order valence-corrected chi connectivity index (χ1v) is 5.20. The molecule has 5 heteroatoms. The van der Waals surface area contributed by atoms with Crippen molar-refractivity contribution in [2.45, 2.75) is 32.2 Å². The maximum atomic E-state index is 11.5. The van der Waals surface area contributed by atoms with Gasteiger partial charge in [-0.1, -0.05) is 0 Å². The van der Waals surface area contributed by atoms with Crippen LogP contribution in [-0.4, -0.2) is 34.7 Å². The molecule has 0 aliphatic heterocycles. The van der Waals surface area contributed by atoms with E-state index >= 15 is 0 Å². The summed E-state index contributed by atoms with van der Waals surface area (Å²) in [6.45, 7) is 1.97. The molecule has 1 aliphatic carbocycles. The Kier molecular flexibility index (Phi) is 4.08. The van der Waals surface area contributed by atoms with E-state index in [1.54, 1.807) is 0 Å². The van der Waals surface area contributed by atoms with Gasteiger partial charge in [-0.3, -0.25) is 9.59 Å². The van der Waals surface area contributed by atoms with Crippen molar-refractivity contribution in [2.24, 2.45) is 11.8 Å². The van der Waals surface area contributed by atoms with E-state index in [1.165, 1.54) is 0 Å². The van der Waals surface area contributed by atoms with Crippen molar-refractivity contribution in [3.63, 3.8) is 0 Å². The molecule has 3 N–H and O–H groups in total. The Morgan fingerprint density at radius 2 is 2.13 bits per heavy atom. The summed E-state index contributed by atoms with van der Waals surface area (Å²) in [5, 5.41) is 20.0. The average molecular weight is 215 g/mol. The van der Waals surface area contributed by atoms with Crippen molar-refractivity contribution in [2.75, 3.05) is 6.61 Å². The third kappa shape index (κ3) is 3.51. The Bertz CT molecular complexity index is 254. The first kappa shape index (κ1) is 12.0. The Labute approximate surface area is 88.5 Å². The van der Waals surface area contributed by atoms with Crippen LogP contribution in [0.1, 0.15) is 26.2 Å². The standard InChI is InChI=1S/C10H17NO4/c1-6(3-2-4-12)11-9(13)7-5-8(7)10(14)15/h6-8,12H,2-5H2,1H3,(H,11,13)(H,14,15)/t6?,7-,8+/m1/s1. The lowest BCUT2D eigenvalue weighted by Crippen LogP contribution is -2.34. The van der Waals surface area contributed by atoms with Crippen LogP contribution in [0.2, 0.25) is 0 Å². The topological polar surface area (TPSA) is 86.6 Å². The first-order chi connectivity index (χ1) is 7.06. The van der Waals surface area contributed by atoms with Crippen LogP contribution >= 0.6 is 0 Å². The number of aliphatic hydroxyl groups excluding tert-OH is 1. The molecular formula is C10H17NO4. The molecule has 1 aliphatic rings. The predicted octanol–water partition coefficient (Wildman–Crippen LogP) is -0.0157. The van der Waals surface area contributed by atoms with Crippen LogP contribution in [-0.2, 0) is 9.59 Å². The van der Waals surface area contributed by atoms with Crippen LogP contribution in [0.4, 0.5) is 0 Å². The van der Waals surface area contributed by atoms with Crippen molar-refractivity contribution in [1.29, 1.82) is 0 Å². The van der Waals surface area contributed by atoms with Crippen molar-refractivity contribution in [1.82, 2.24) is 5.32 Å². The molecule has 1 saturated carbocycles. The lowest BCUT2D eigenvalue weighted by molar-refractivity contribution is -0.140. The van der Waals surface area contributed by atoms with E-state index in [2.05, 4.69) is 5.32 Å². The van der Waals surface area contributed by atoms with E-state index in [0.717, 1.165) is 0 Å². The van der Waals surface area contributed by atoms with Gasteiger partial charge in [-0.05, 0) is 26.2 Å². The van der Waals surface area contributed by atoms with E-state index < -0.39 is 11.9 Å². The summed E-state index contributed by atoms with van der Waals surface area (Å²) in [4.78, 5) is 22.0. The number of hydrogen-bond acceptors (Lipinski definition) is 3. The second-order valence-corrected chi connectivity index (χ2v) is 4.06. The van der Waals surface area contributed by atoms with E-state index in [1.807, 2.05) is 6.92 Å². The molecule has 1 rings (SSSR count). The summed E-state index contributed by atoms with van der Waals surface area (Å²) in [5.74, 6) is -1.90. The SMILES string of the molecule is CC(CCCO)NC(=O)[C@@H]1C[C@@H]1C(=O)O. The second kappa shape index (κ2) is 5.11. The summed E-state index contributed by atoms with van der Waals surface area (Å²) in [5.41, 5.74) is 0. The van der Waals surface area contributed by atoms with Gasteiger partial charge in [0.05, 0.1) is 11.8 Å². The summed E-state index contributed by atoms with van der Waals surface area (Å²) < 4.78 is 0. The summed E-state index contributed by atoms with van der Waals surface area (Å²) >= 11 is 0. The highest BCUT2D eigenvalue weighted by molar-refractivity contribution is 5.89. The number of aliphatic carboxylic acids is 1. The van der Waals surface area contributed by atoms with E-state index in [0.29, 0.717) is 19.3 Å². The fourth-order valence-corrected chi connectivity index (χ4v) is 1.58. The average Bonchev–Trinajstić information content (AvgIpc) is 2.93. The number of amides is 1. The molecule has 0 radical (unpaired) electrons.